The predicted octanol–water partition coefficient (Wildman–Crippen LogP) is 3.05. The molecule has 96 valence electrons. The molecule has 1 aliphatic rings. The van der Waals surface area contributed by atoms with Crippen LogP contribution in [-0.4, -0.2) is 18.1 Å². The number of likely N-dealkylation sites (N-methyl/N-ethyl adjacent to an activating group) is 1. The van der Waals surface area contributed by atoms with Crippen LogP contribution in [-0.2, 0) is 11.8 Å². The summed E-state index contributed by atoms with van der Waals surface area (Å²) in [5, 5.41) is 3.30. The van der Waals surface area contributed by atoms with Crippen molar-refractivity contribution in [1.82, 2.24) is 10.3 Å². The SMILES string of the molecule is CCNCCc1ncc(C2(C)CCCCC2)o1. The van der Waals surface area contributed by atoms with Gasteiger partial charge in [0.05, 0.1) is 6.20 Å². The molecular formula is C14H24N2O. The van der Waals surface area contributed by atoms with Gasteiger partial charge < -0.3 is 9.73 Å². The van der Waals surface area contributed by atoms with Crippen molar-refractivity contribution < 1.29 is 4.42 Å². The Hall–Kier alpha value is -0.830. The van der Waals surface area contributed by atoms with Gasteiger partial charge in [0.15, 0.2) is 5.89 Å². The number of hydrogen-bond acceptors (Lipinski definition) is 3. The van der Waals surface area contributed by atoms with Crippen LogP contribution in [0.4, 0.5) is 0 Å². The lowest BCUT2D eigenvalue weighted by atomic mass is 9.74. The number of aromatic nitrogens is 1. The van der Waals surface area contributed by atoms with E-state index in [0.29, 0.717) is 0 Å². The lowest BCUT2D eigenvalue weighted by Gasteiger charge is -2.30. The molecule has 0 unspecified atom stereocenters. The summed E-state index contributed by atoms with van der Waals surface area (Å²) in [6.45, 7) is 6.39. The van der Waals surface area contributed by atoms with E-state index in [4.69, 9.17) is 4.42 Å². The molecule has 0 aliphatic heterocycles. The number of rotatable bonds is 5. The quantitative estimate of drug-likeness (QED) is 0.798. The van der Waals surface area contributed by atoms with E-state index in [-0.39, 0.29) is 5.41 Å². The zero-order valence-corrected chi connectivity index (χ0v) is 11.1. The molecule has 0 saturated heterocycles. The molecule has 0 aromatic carbocycles. The van der Waals surface area contributed by atoms with Crippen LogP contribution in [0, 0.1) is 0 Å². The summed E-state index contributed by atoms with van der Waals surface area (Å²) in [5.74, 6) is 1.98. The van der Waals surface area contributed by atoms with Crippen molar-refractivity contribution in [3.8, 4) is 0 Å². The van der Waals surface area contributed by atoms with Crippen molar-refractivity contribution in [2.75, 3.05) is 13.1 Å². The van der Waals surface area contributed by atoms with Gasteiger partial charge in [-0.25, -0.2) is 4.98 Å². The van der Waals surface area contributed by atoms with Crippen LogP contribution < -0.4 is 5.32 Å². The lowest BCUT2D eigenvalue weighted by Crippen LogP contribution is -2.24. The normalized spacial score (nSPS) is 19.4. The summed E-state index contributed by atoms with van der Waals surface area (Å²) in [6, 6.07) is 0. The van der Waals surface area contributed by atoms with Crippen LogP contribution in [0.1, 0.15) is 57.6 Å². The second kappa shape index (κ2) is 5.67. The topological polar surface area (TPSA) is 38.1 Å². The first kappa shape index (κ1) is 12.6. The highest BCUT2D eigenvalue weighted by Gasteiger charge is 2.32. The van der Waals surface area contributed by atoms with Gasteiger partial charge >= 0.3 is 0 Å². The van der Waals surface area contributed by atoms with Gasteiger partial charge in [-0.05, 0) is 19.4 Å². The highest BCUT2D eigenvalue weighted by Crippen LogP contribution is 2.39. The summed E-state index contributed by atoms with van der Waals surface area (Å²) >= 11 is 0. The van der Waals surface area contributed by atoms with E-state index in [2.05, 4.69) is 24.1 Å². The maximum Gasteiger partial charge on any atom is 0.195 e. The third kappa shape index (κ3) is 3.09. The summed E-state index contributed by atoms with van der Waals surface area (Å²) in [4.78, 5) is 4.40. The van der Waals surface area contributed by atoms with Gasteiger partial charge in [-0.2, -0.15) is 0 Å². The predicted molar refractivity (Wildman–Crippen MR) is 69.2 cm³/mol. The second-order valence-corrected chi connectivity index (χ2v) is 5.34. The van der Waals surface area contributed by atoms with Crippen LogP contribution in [0.5, 0.6) is 0 Å². The molecule has 1 heterocycles. The molecule has 1 aliphatic carbocycles. The van der Waals surface area contributed by atoms with E-state index in [0.717, 1.165) is 31.2 Å². The zero-order chi connectivity index (χ0) is 12.1. The molecule has 3 heteroatoms. The molecule has 0 spiro atoms. The van der Waals surface area contributed by atoms with Crippen LogP contribution in [0.2, 0.25) is 0 Å². The maximum atomic E-state index is 5.92. The van der Waals surface area contributed by atoms with Crippen LogP contribution >= 0.6 is 0 Å². The van der Waals surface area contributed by atoms with Crippen molar-refractivity contribution in [2.45, 2.75) is 57.8 Å². The number of hydrogen-bond donors (Lipinski definition) is 1. The molecule has 3 nitrogen and oxygen atoms in total. The van der Waals surface area contributed by atoms with Crippen molar-refractivity contribution in [3.05, 3.63) is 17.8 Å². The molecule has 0 amide bonds. The highest BCUT2D eigenvalue weighted by atomic mass is 16.4. The van der Waals surface area contributed by atoms with Gasteiger partial charge in [0.25, 0.3) is 0 Å². The molecular weight excluding hydrogens is 212 g/mol. The fourth-order valence-electron chi connectivity index (χ4n) is 2.66. The Bertz CT molecular complexity index is 340. The first-order chi connectivity index (χ1) is 8.24. The Morgan fingerprint density at radius 3 is 2.82 bits per heavy atom. The largest absolute Gasteiger partial charge is 0.445 e. The van der Waals surface area contributed by atoms with Crippen molar-refractivity contribution in [2.24, 2.45) is 0 Å². The summed E-state index contributed by atoms with van der Waals surface area (Å²) in [6.07, 6.45) is 9.35. The monoisotopic (exact) mass is 236 g/mol. The highest BCUT2D eigenvalue weighted by molar-refractivity contribution is 5.11. The van der Waals surface area contributed by atoms with Crippen molar-refractivity contribution in [3.63, 3.8) is 0 Å². The zero-order valence-electron chi connectivity index (χ0n) is 11.1. The van der Waals surface area contributed by atoms with E-state index in [1.54, 1.807) is 0 Å². The van der Waals surface area contributed by atoms with Crippen LogP contribution in [0.25, 0.3) is 0 Å². The Morgan fingerprint density at radius 1 is 1.35 bits per heavy atom. The second-order valence-electron chi connectivity index (χ2n) is 5.34. The van der Waals surface area contributed by atoms with Crippen LogP contribution in [0.3, 0.4) is 0 Å². The lowest BCUT2D eigenvalue weighted by molar-refractivity contribution is 0.261. The molecule has 1 aromatic heterocycles. The van der Waals surface area contributed by atoms with Gasteiger partial charge in [0, 0.05) is 18.4 Å². The molecule has 1 saturated carbocycles. The smallest absolute Gasteiger partial charge is 0.195 e. The van der Waals surface area contributed by atoms with E-state index in [1.807, 2.05) is 6.20 Å². The number of oxazole rings is 1. The summed E-state index contributed by atoms with van der Waals surface area (Å²) < 4.78 is 5.92. The maximum absolute atomic E-state index is 5.92. The minimum Gasteiger partial charge on any atom is -0.445 e. The molecule has 17 heavy (non-hydrogen) atoms. The molecule has 0 radical (unpaired) electrons. The third-order valence-electron chi connectivity index (χ3n) is 3.87. The first-order valence-electron chi connectivity index (χ1n) is 6.90. The fraction of sp³-hybridized carbons (Fsp3) is 0.786. The van der Waals surface area contributed by atoms with Gasteiger partial charge in [0.2, 0.25) is 0 Å². The van der Waals surface area contributed by atoms with Crippen LogP contribution in [0.15, 0.2) is 10.6 Å². The van der Waals surface area contributed by atoms with Gasteiger partial charge in [-0.15, -0.1) is 0 Å². The molecule has 0 bridgehead atoms. The molecule has 1 N–H and O–H groups in total. The standard InChI is InChI=1S/C14H24N2O/c1-3-15-10-7-13-16-11-12(17-13)14(2)8-5-4-6-9-14/h11,15H,3-10H2,1-2H3. The van der Waals surface area contributed by atoms with E-state index in [9.17, 15) is 0 Å². The number of nitrogens with zero attached hydrogens (tertiary/aromatic N) is 1. The van der Waals surface area contributed by atoms with Gasteiger partial charge in [-0.1, -0.05) is 33.1 Å². The summed E-state index contributed by atoms with van der Waals surface area (Å²) in [7, 11) is 0. The third-order valence-corrected chi connectivity index (χ3v) is 3.87. The number of nitrogens with one attached hydrogen (secondary N) is 1. The summed E-state index contributed by atoms with van der Waals surface area (Å²) in [5.41, 5.74) is 0.238. The first-order valence-corrected chi connectivity index (χ1v) is 6.90. The Balaban J connectivity index is 1.96. The Morgan fingerprint density at radius 2 is 2.12 bits per heavy atom. The van der Waals surface area contributed by atoms with E-state index < -0.39 is 0 Å². The molecule has 0 atom stereocenters. The van der Waals surface area contributed by atoms with Gasteiger partial charge in [0.1, 0.15) is 5.76 Å². The average molecular weight is 236 g/mol. The van der Waals surface area contributed by atoms with Crippen molar-refractivity contribution in [1.29, 1.82) is 0 Å². The van der Waals surface area contributed by atoms with E-state index in [1.165, 1.54) is 32.1 Å². The Labute approximate surface area is 104 Å². The minimum absolute atomic E-state index is 0.238. The fourth-order valence-corrected chi connectivity index (χ4v) is 2.66. The molecule has 1 aromatic rings. The molecule has 2 rings (SSSR count). The molecule has 1 fully saturated rings. The average Bonchev–Trinajstić information content (AvgIpc) is 2.80. The van der Waals surface area contributed by atoms with Gasteiger partial charge in [-0.3, -0.25) is 0 Å². The Kier molecular flexibility index (Phi) is 4.21. The minimum atomic E-state index is 0.238. The van der Waals surface area contributed by atoms with E-state index >= 15 is 0 Å². The van der Waals surface area contributed by atoms with Crippen molar-refractivity contribution >= 4 is 0 Å².